The Morgan fingerprint density at radius 3 is 3.19 bits per heavy atom. The van der Waals surface area contributed by atoms with E-state index in [0.29, 0.717) is 22.5 Å². The number of halogens is 1. The Labute approximate surface area is 102 Å². The lowest BCUT2D eigenvalue weighted by Gasteiger charge is -2.31. The summed E-state index contributed by atoms with van der Waals surface area (Å²) in [5, 5.41) is 3.43. The van der Waals surface area contributed by atoms with Crippen LogP contribution in [-0.2, 0) is 0 Å². The monoisotopic (exact) mass is 284 g/mol. The van der Waals surface area contributed by atoms with Crippen LogP contribution in [0.25, 0.3) is 0 Å². The zero-order chi connectivity index (χ0) is 11.1. The maximum atomic E-state index is 12.2. The molecule has 0 saturated carbocycles. The lowest BCUT2D eigenvalue weighted by molar-refractivity contribution is 0.0624. The summed E-state index contributed by atoms with van der Waals surface area (Å²) < 4.78 is 5.92. The number of likely N-dealkylation sites (tertiary alicyclic amines) is 1. The molecule has 1 N–H and O–H groups in total. The smallest absolute Gasteiger partial charge is 0.289 e. The molecule has 3 heterocycles. The molecule has 2 saturated heterocycles. The summed E-state index contributed by atoms with van der Waals surface area (Å²) in [6, 6.07) is 4.43. The predicted octanol–water partition coefficient (Wildman–Crippen LogP) is 1.62. The van der Waals surface area contributed by atoms with E-state index in [1.807, 2.05) is 4.90 Å². The molecular weight excluding hydrogens is 272 g/mol. The van der Waals surface area contributed by atoms with Crippen LogP contribution < -0.4 is 5.32 Å². The summed E-state index contributed by atoms with van der Waals surface area (Å²) in [7, 11) is 0. The van der Waals surface area contributed by atoms with Crippen molar-refractivity contribution in [2.45, 2.75) is 24.9 Å². The van der Waals surface area contributed by atoms with E-state index in [-0.39, 0.29) is 5.91 Å². The van der Waals surface area contributed by atoms with Gasteiger partial charge in [-0.2, -0.15) is 0 Å². The molecule has 4 nitrogen and oxygen atoms in total. The molecule has 1 aromatic heterocycles. The van der Waals surface area contributed by atoms with E-state index in [1.165, 1.54) is 0 Å². The van der Waals surface area contributed by atoms with Gasteiger partial charge in [-0.15, -0.1) is 0 Å². The summed E-state index contributed by atoms with van der Waals surface area (Å²) >= 11 is 3.22. The highest BCUT2D eigenvalue weighted by molar-refractivity contribution is 9.10. The van der Waals surface area contributed by atoms with Gasteiger partial charge in [-0.1, -0.05) is 0 Å². The quantitative estimate of drug-likeness (QED) is 0.852. The fraction of sp³-hybridized carbons (Fsp3) is 0.545. The first-order valence-electron chi connectivity index (χ1n) is 5.54. The molecule has 2 unspecified atom stereocenters. The van der Waals surface area contributed by atoms with Gasteiger partial charge in [0.2, 0.25) is 0 Å². The van der Waals surface area contributed by atoms with Crippen molar-refractivity contribution in [3.05, 3.63) is 22.6 Å². The molecule has 5 heteroatoms. The van der Waals surface area contributed by atoms with Crippen LogP contribution in [-0.4, -0.2) is 36.0 Å². The summed E-state index contributed by atoms with van der Waals surface area (Å²) in [4.78, 5) is 14.1. The summed E-state index contributed by atoms with van der Waals surface area (Å²) in [5.74, 6) is 0.440. The standard InChI is InChI=1S/C11H13BrN2O2/c12-10-2-1-9(16-10)11(15)14-4-3-7-5-8(14)6-13-7/h1-2,7-8,13H,3-6H2. The molecule has 0 aliphatic carbocycles. The molecule has 2 bridgehead atoms. The van der Waals surface area contributed by atoms with Crippen molar-refractivity contribution in [3.63, 3.8) is 0 Å². The number of fused-ring (bicyclic) bond motifs is 2. The molecule has 2 aliphatic heterocycles. The lowest BCUT2D eigenvalue weighted by Crippen LogP contribution is -2.44. The SMILES string of the molecule is O=C(c1ccc(Br)o1)N1CCC2CC1CN2. The summed E-state index contributed by atoms with van der Waals surface area (Å²) in [6.07, 6.45) is 2.12. The third-order valence-corrected chi connectivity index (χ3v) is 3.83. The highest BCUT2D eigenvalue weighted by atomic mass is 79.9. The predicted molar refractivity (Wildman–Crippen MR) is 62.3 cm³/mol. The lowest BCUT2D eigenvalue weighted by atomic mass is 10.0. The first kappa shape index (κ1) is 10.4. The van der Waals surface area contributed by atoms with Crippen molar-refractivity contribution in [2.24, 2.45) is 0 Å². The van der Waals surface area contributed by atoms with Gasteiger partial charge < -0.3 is 14.6 Å². The van der Waals surface area contributed by atoms with Crippen LogP contribution in [0, 0.1) is 0 Å². The van der Waals surface area contributed by atoms with Crippen molar-refractivity contribution in [1.82, 2.24) is 10.2 Å². The van der Waals surface area contributed by atoms with Crippen LogP contribution in [0.15, 0.2) is 21.2 Å². The number of piperidine rings is 1. The summed E-state index contributed by atoms with van der Waals surface area (Å²) in [6.45, 7) is 1.75. The van der Waals surface area contributed by atoms with Crippen molar-refractivity contribution in [2.75, 3.05) is 13.1 Å². The van der Waals surface area contributed by atoms with Crippen LogP contribution in [0.2, 0.25) is 0 Å². The normalized spacial score (nSPS) is 28.4. The topological polar surface area (TPSA) is 45.5 Å². The molecular formula is C11H13BrN2O2. The average molecular weight is 285 g/mol. The minimum absolute atomic E-state index is 0.0119. The van der Waals surface area contributed by atoms with Gasteiger partial charge in [-0.05, 0) is 40.9 Å². The average Bonchev–Trinajstić information content (AvgIpc) is 2.86. The Bertz CT molecular complexity index is 418. The second kappa shape index (κ2) is 3.89. The molecule has 86 valence electrons. The second-order valence-corrected chi connectivity index (χ2v) is 5.17. The minimum Gasteiger partial charge on any atom is -0.444 e. The van der Waals surface area contributed by atoms with Crippen molar-refractivity contribution < 1.29 is 9.21 Å². The number of amides is 1. The highest BCUT2D eigenvalue weighted by Gasteiger charge is 2.37. The minimum atomic E-state index is 0.0119. The molecule has 3 rings (SSSR count). The van der Waals surface area contributed by atoms with Crippen LogP contribution in [0.4, 0.5) is 0 Å². The van der Waals surface area contributed by atoms with Gasteiger partial charge in [-0.3, -0.25) is 4.79 Å². The van der Waals surface area contributed by atoms with Gasteiger partial charge in [0.25, 0.3) is 5.91 Å². The van der Waals surface area contributed by atoms with Crippen LogP contribution in [0.5, 0.6) is 0 Å². The van der Waals surface area contributed by atoms with E-state index < -0.39 is 0 Å². The number of nitrogens with zero attached hydrogens (tertiary/aromatic N) is 1. The first-order valence-corrected chi connectivity index (χ1v) is 6.33. The largest absolute Gasteiger partial charge is 0.444 e. The Morgan fingerprint density at radius 2 is 2.44 bits per heavy atom. The van der Waals surface area contributed by atoms with E-state index in [2.05, 4.69) is 21.2 Å². The number of hydrogen-bond donors (Lipinski definition) is 1. The van der Waals surface area contributed by atoms with Gasteiger partial charge >= 0.3 is 0 Å². The zero-order valence-corrected chi connectivity index (χ0v) is 10.4. The maximum Gasteiger partial charge on any atom is 0.289 e. The van der Waals surface area contributed by atoms with Crippen molar-refractivity contribution in [3.8, 4) is 0 Å². The fourth-order valence-electron chi connectivity index (χ4n) is 2.57. The second-order valence-electron chi connectivity index (χ2n) is 4.39. The number of nitrogens with one attached hydrogen (secondary N) is 1. The molecule has 0 spiro atoms. The number of carbonyl (C=O) groups is 1. The van der Waals surface area contributed by atoms with Crippen LogP contribution in [0.3, 0.4) is 0 Å². The fourth-order valence-corrected chi connectivity index (χ4v) is 2.88. The number of rotatable bonds is 1. The van der Waals surface area contributed by atoms with Crippen LogP contribution >= 0.6 is 15.9 Å². The molecule has 2 atom stereocenters. The molecule has 2 fully saturated rings. The number of hydrogen-bond acceptors (Lipinski definition) is 3. The Morgan fingerprint density at radius 1 is 1.56 bits per heavy atom. The van der Waals surface area contributed by atoms with Gasteiger partial charge in [0.15, 0.2) is 10.4 Å². The Hall–Kier alpha value is -0.810. The number of carbonyl (C=O) groups excluding carboxylic acids is 1. The third kappa shape index (κ3) is 1.68. The Balaban J connectivity index is 1.79. The van der Waals surface area contributed by atoms with Crippen LogP contribution in [0.1, 0.15) is 23.4 Å². The van der Waals surface area contributed by atoms with Gasteiger partial charge in [-0.25, -0.2) is 0 Å². The first-order chi connectivity index (χ1) is 7.74. The molecule has 0 radical (unpaired) electrons. The molecule has 1 amide bonds. The zero-order valence-electron chi connectivity index (χ0n) is 8.78. The van der Waals surface area contributed by atoms with E-state index >= 15 is 0 Å². The van der Waals surface area contributed by atoms with Crippen molar-refractivity contribution in [1.29, 1.82) is 0 Å². The molecule has 2 aliphatic rings. The highest BCUT2D eigenvalue weighted by Crippen LogP contribution is 2.25. The molecule has 16 heavy (non-hydrogen) atoms. The van der Waals surface area contributed by atoms with E-state index in [9.17, 15) is 4.79 Å². The van der Waals surface area contributed by atoms with E-state index in [0.717, 1.165) is 25.9 Å². The van der Waals surface area contributed by atoms with Gasteiger partial charge in [0.1, 0.15) is 0 Å². The third-order valence-electron chi connectivity index (χ3n) is 3.40. The Kier molecular flexibility index (Phi) is 2.52. The van der Waals surface area contributed by atoms with E-state index in [1.54, 1.807) is 12.1 Å². The van der Waals surface area contributed by atoms with E-state index in [4.69, 9.17) is 4.42 Å². The maximum absolute atomic E-state index is 12.2. The number of furan rings is 1. The van der Waals surface area contributed by atoms with Gasteiger partial charge in [0, 0.05) is 25.2 Å². The summed E-state index contributed by atoms with van der Waals surface area (Å²) in [5.41, 5.74) is 0. The van der Waals surface area contributed by atoms with Gasteiger partial charge in [0.05, 0.1) is 0 Å². The molecule has 1 aromatic rings. The molecule has 0 aromatic carbocycles. The van der Waals surface area contributed by atoms with Crippen molar-refractivity contribution >= 4 is 21.8 Å².